The largest absolute Gasteiger partial charge is 0.454 e. The van der Waals surface area contributed by atoms with Crippen molar-refractivity contribution < 1.29 is 22.7 Å². The Bertz CT molecular complexity index is 1090. The summed E-state index contributed by atoms with van der Waals surface area (Å²) in [5.74, 6) is 0.849. The standard InChI is InChI=1S/C20H24N4O5S2/c1-13(2)24(3)31(26,27)16-6-4-5-15(10-16)19(25)22-23-20(30)21-11-14-7-8-17-18(9-14)29-12-28-17/h4-10,13H,11-12H2,1-3H3,(H,22,25)(H2,21,23,30). The van der Waals surface area contributed by atoms with E-state index < -0.39 is 15.9 Å². The van der Waals surface area contributed by atoms with Crippen molar-refractivity contribution in [1.82, 2.24) is 20.5 Å². The molecule has 3 rings (SSSR count). The van der Waals surface area contributed by atoms with Crippen LogP contribution in [0.15, 0.2) is 47.4 Å². The van der Waals surface area contributed by atoms with E-state index in [1.165, 1.54) is 35.6 Å². The van der Waals surface area contributed by atoms with Crippen LogP contribution in [-0.2, 0) is 16.6 Å². The molecule has 0 radical (unpaired) electrons. The van der Waals surface area contributed by atoms with Gasteiger partial charge in [-0.05, 0) is 62.0 Å². The molecule has 0 spiro atoms. The van der Waals surface area contributed by atoms with Gasteiger partial charge in [-0.1, -0.05) is 12.1 Å². The van der Waals surface area contributed by atoms with Gasteiger partial charge >= 0.3 is 0 Å². The fourth-order valence-corrected chi connectivity index (χ4v) is 4.24. The number of thiocarbonyl (C=S) groups is 1. The lowest BCUT2D eigenvalue weighted by molar-refractivity contribution is 0.0943. The Hall–Kier alpha value is -2.89. The lowest BCUT2D eigenvalue weighted by Crippen LogP contribution is -2.46. The molecule has 0 unspecified atom stereocenters. The maximum atomic E-state index is 12.6. The minimum atomic E-state index is -3.69. The maximum absolute atomic E-state index is 12.6. The van der Waals surface area contributed by atoms with Crippen LogP contribution < -0.4 is 25.6 Å². The second kappa shape index (κ2) is 9.50. The predicted molar refractivity (Wildman–Crippen MR) is 119 cm³/mol. The zero-order valence-corrected chi connectivity index (χ0v) is 19.0. The van der Waals surface area contributed by atoms with Crippen molar-refractivity contribution in [3.05, 3.63) is 53.6 Å². The number of carbonyl (C=O) groups excluding carboxylic acids is 1. The normalized spacial score (nSPS) is 12.7. The molecule has 0 atom stereocenters. The summed E-state index contributed by atoms with van der Waals surface area (Å²) in [5.41, 5.74) is 6.18. The number of nitrogens with one attached hydrogen (secondary N) is 3. The van der Waals surface area contributed by atoms with Gasteiger partial charge in [0.2, 0.25) is 16.8 Å². The Morgan fingerprint density at radius 1 is 1.13 bits per heavy atom. The minimum Gasteiger partial charge on any atom is -0.454 e. The number of hydrogen-bond acceptors (Lipinski definition) is 6. The van der Waals surface area contributed by atoms with Gasteiger partial charge in [-0.2, -0.15) is 4.31 Å². The quantitative estimate of drug-likeness (QED) is 0.438. The number of carbonyl (C=O) groups is 1. The average molecular weight is 465 g/mol. The summed E-state index contributed by atoms with van der Waals surface area (Å²) in [6, 6.07) is 11.1. The smallest absolute Gasteiger partial charge is 0.269 e. The van der Waals surface area contributed by atoms with E-state index in [1.807, 2.05) is 18.2 Å². The first-order chi connectivity index (χ1) is 14.7. The van der Waals surface area contributed by atoms with Crippen LogP contribution in [0.1, 0.15) is 29.8 Å². The van der Waals surface area contributed by atoms with Crippen LogP contribution in [0, 0.1) is 0 Å². The van der Waals surface area contributed by atoms with Crippen molar-refractivity contribution in [2.45, 2.75) is 31.3 Å². The van der Waals surface area contributed by atoms with Gasteiger partial charge in [0.15, 0.2) is 16.6 Å². The number of benzene rings is 2. The summed E-state index contributed by atoms with van der Waals surface area (Å²) in [6.07, 6.45) is 0. The van der Waals surface area contributed by atoms with E-state index in [0.29, 0.717) is 18.0 Å². The number of nitrogens with zero attached hydrogens (tertiary/aromatic N) is 1. The van der Waals surface area contributed by atoms with Crippen molar-refractivity contribution in [3.8, 4) is 11.5 Å². The molecule has 1 aliphatic rings. The molecule has 166 valence electrons. The second-order valence-corrected chi connectivity index (χ2v) is 9.50. The van der Waals surface area contributed by atoms with Gasteiger partial charge in [-0.25, -0.2) is 8.42 Å². The Kier molecular flexibility index (Phi) is 6.98. The highest BCUT2D eigenvalue weighted by molar-refractivity contribution is 7.89. The molecule has 0 bridgehead atoms. The van der Waals surface area contributed by atoms with Gasteiger partial charge in [-0.3, -0.25) is 15.6 Å². The second-order valence-electron chi connectivity index (χ2n) is 7.09. The molecule has 1 amide bonds. The van der Waals surface area contributed by atoms with Gasteiger partial charge in [0.05, 0.1) is 4.90 Å². The van der Waals surface area contributed by atoms with Crippen LogP contribution >= 0.6 is 12.2 Å². The lowest BCUT2D eigenvalue weighted by Gasteiger charge is -2.21. The highest BCUT2D eigenvalue weighted by Gasteiger charge is 2.24. The van der Waals surface area contributed by atoms with E-state index in [0.717, 1.165) is 5.56 Å². The Balaban J connectivity index is 1.55. The Morgan fingerprint density at radius 3 is 2.61 bits per heavy atom. The van der Waals surface area contributed by atoms with Crippen LogP contribution in [0.4, 0.5) is 0 Å². The fraction of sp³-hybridized carbons (Fsp3) is 0.300. The maximum Gasteiger partial charge on any atom is 0.269 e. The molecule has 1 heterocycles. The summed E-state index contributed by atoms with van der Waals surface area (Å²) >= 11 is 5.17. The highest BCUT2D eigenvalue weighted by Crippen LogP contribution is 2.32. The van der Waals surface area contributed by atoms with E-state index in [2.05, 4.69) is 16.2 Å². The molecule has 0 aromatic heterocycles. The summed E-state index contributed by atoms with van der Waals surface area (Å²) in [7, 11) is -2.20. The van der Waals surface area contributed by atoms with Crippen LogP contribution in [0.2, 0.25) is 0 Å². The van der Waals surface area contributed by atoms with Crippen molar-refractivity contribution in [2.75, 3.05) is 13.8 Å². The number of fused-ring (bicyclic) bond motifs is 1. The van der Waals surface area contributed by atoms with Crippen LogP contribution in [0.25, 0.3) is 0 Å². The third-order valence-corrected chi connectivity index (χ3v) is 6.96. The zero-order valence-electron chi connectivity index (χ0n) is 17.3. The summed E-state index contributed by atoms with van der Waals surface area (Å²) in [4.78, 5) is 12.5. The van der Waals surface area contributed by atoms with E-state index in [1.54, 1.807) is 13.8 Å². The molecule has 1 aliphatic heterocycles. The molecule has 11 heteroatoms. The van der Waals surface area contributed by atoms with Crippen molar-refractivity contribution in [1.29, 1.82) is 0 Å². The molecule has 0 fully saturated rings. The van der Waals surface area contributed by atoms with E-state index >= 15 is 0 Å². The summed E-state index contributed by atoms with van der Waals surface area (Å²) in [6.45, 7) is 4.16. The molecule has 0 aliphatic carbocycles. The first-order valence-electron chi connectivity index (χ1n) is 9.49. The SMILES string of the molecule is CC(C)N(C)S(=O)(=O)c1cccc(C(=O)NNC(=S)NCc2ccc3c(c2)OCO3)c1. The molecule has 2 aromatic rings. The minimum absolute atomic E-state index is 0.0415. The topological polar surface area (TPSA) is 109 Å². The van der Waals surface area contributed by atoms with Crippen molar-refractivity contribution >= 4 is 33.3 Å². The molecule has 3 N–H and O–H groups in total. The van der Waals surface area contributed by atoms with Crippen molar-refractivity contribution in [3.63, 3.8) is 0 Å². The number of amides is 1. The van der Waals surface area contributed by atoms with Gasteiger partial charge in [-0.15, -0.1) is 0 Å². The third kappa shape index (κ3) is 5.43. The molecule has 0 saturated carbocycles. The monoisotopic (exact) mass is 464 g/mol. The van der Waals surface area contributed by atoms with Crippen LogP contribution in [0.5, 0.6) is 11.5 Å². The van der Waals surface area contributed by atoms with E-state index in [9.17, 15) is 13.2 Å². The number of hydrogen-bond donors (Lipinski definition) is 3. The fourth-order valence-electron chi connectivity index (χ4n) is 2.70. The van der Waals surface area contributed by atoms with Gasteiger partial charge in [0.1, 0.15) is 0 Å². The number of rotatable bonds is 6. The molecular formula is C20H24N4O5S2. The van der Waals surface area contributed by atoms with Gasteiger partial charge < -0.3 is 14.8 Å². The summed E-state index contributed by atoms with van der Waals surface area (Å²) in [5, 5.41) is 3.17. The average Bonchev–Trinajstić information content (AvgIpc) is 3.23. The number of ether oxygens (including phenoxy) is 2. The number of sulfonamides is 1. The molecule has 9 nitrogen and oxygen atoms in total. The zero-order chi connectivity index (χ0) is 22.6. The molecule has 31 heavy (non-hydrogen) atoms. The van der Waals surface area contributed by atoms with Crippen LogP contribution in [0.3, 0.4) is 0 Å². The first kappa shape index (κ1) is 22.8. The summed E-state index contributed by atoms with van der Waals surface area (Å²) < 4.78 is 37.1. The molecular weight excluding hydrogens is 440 g/mol. The highest BCUT2D eigenvalue weighted by atomic mass is 32.2. The predicted octanol–water partition coefficient (Wildman–Crippen LogP) is 1.75. The van der Waals surface area contributed by atoms with Crippen molar-refractivity contribution in [2.24, 2.45) is 0 Å². The van der Waals surface area contributed by atoms with Gasteiger partial charge in [0, 0.05) is 25.2 Å². The van der Waals surface area contributed by atoms with Gasteiger partial charge in [0.25, 0.3) is 5.91 Å². The Morgan fingerprint density at radius 2 is 1.87 bits per heavy atom. The first-order valence-corrected chi connectivity index (χ1v) is 11.3. The van der Waals surface area contributed by atoms with Crippen LogP contribution in [-0.4, -0.2) is 43.6 Å². The number of hydrazine groups is 1. The lowest BCUT2D eigenvalue weighted by atomic mass is 10.2. The van der Waals surface area contributed by atoms with E-state index in [4.69, 9.17) is 21.7 Å². The Labute approximate surface area is 186 Å². The molecule has 0 saturated heterocycles. The van der Waals surface area contributed by atoms with E-state index in [-0.39, 0.29) is 28.4 Å². The third-order valence-electron chi connectivity index (χ3n) is 4.68. The molecule has 2 aromatic carbocycles.